The number of esters is 2. The molecule has 2 unspecified atom stereocenters. The molecule has 0 aromatic rings. The lowest BCUT2D eigenvalue weighted by atomic mass is 10.0. The highest BCUT2D eigenvalue weighted by molar-refractivity contribution is 5.70. The first kappa shape index (κ1) is 75.5. The summed E-state index contributed by atoms with van der Waals surface area (Å²) in [6.07, 6.45) is 77.9. The van der Waals surface area contributed by atoms with E-state index in [-0.39, 0.29) is 38.6 Å². The topological polar surface area (TPSA) is 111 Å². The summed E-state index contributed by atoms with van der Waals surface area (Å²) >= 11 is 0. The van der Waals surface area contributed by atoms with Crippen molar-refractivity contribution in [3.05, 3.63) is 85.1 Å². The Kier molecular flexibility index (Phi) is 57.9. The van der Waals surface area contributed by atoms with Crippen LogP contribution in [0.3, 0.4) is 0 Å². The summed E-state index contributed by atoms with van der Waals surface area (Å²) in [5.41, 5.74) is 0. The average Bonchev–Trinajstić information content (AvgIpc) is 3.42. The molecule has 0 bridgehead atoms. The maximum absolute atomic E-state index is 12.9. The molecule has 0 amide bonds. The smallest absolute Gasteiger partial charge is 0.306 e. The molecule has 0 saturated heterocycles. The van der Waals surface area contributed by atoms with E-state index in [4.69, 9.17) is 18.9 Å². The largest absolute Gasteiger partial charge is 0.545 e. The van der Waals surface area contributed by atoms with E-state index in [1.807, 2.05) is 21.1 Å². The minimum Gasteiger partial charge on any atom is -0.545 e. The van der Waals surface area contributed by atoms with Crippen molar-refractivity contribution in [2.75, 3.05) is 47.5 Å². The first-order valence-electron chi connectivity index (χ1n) is 32.7. The number of carboxylic acids is 1. The third-order valence-electron chi connectivity index (χ3n) is 14.1. The van der Waals surface area contributed by atoms with E-state index in [1.165, 1.54) is 167 Å². The molecule has 0 heterocycles. The summed E-state index contributed by atoms with van der Waals surface area (Å²) in [5, 5.41) is 11.8. The van der Waals surface area contributed by atoms with Gasteiger partial charge in [-0.15, -0.1) is 0 Å². The monoisotopic (exact) mass is 1110 g/mol. The van der Waals surface area contributed by atoms with Crippen LogP contribution in [-0.2, 0) is 33.3 Å². The van der Waals surface area contributed by atoms with Gasteiger partial charge in [0.2, 0.25) is 0 Å². The minimum atomic E-state index is -1.63. The quantitative estimate of drug-likeness (QED) is 0.0195. The van der Waals surface area contributed by atoms with Crippen molar-refractivity contribution in [3.8, 4) is 0 Å². The van der Waals surface area contributed by atoms with Gasteiger partial charge in [-0.2, -0.15) is 0 Å². The molecule has 0 fully saturated rings. The molecule has 0 spiro atoms. The molecule has 9 nitrogen and oxygen atoms in total. The lowest BCUT2D eigenvalue weighted by Crippen LogP contribution is -2.44. The number of carbonyl (C=O) groups is 3. The van der Waals surface area contributed by atoms with Gasteiger partial charge in [0, 0.05) is 12.8 Å². The second kappa shape index (κ2) is 60.6. The Morgan fingerprint density at radius 3 is 1.08 bits per heavy atom. The highest BCUT2D eigenvalue weighted by Gasteiger charge is 2.22. The number of allylic oxidation sites excluding steroid dienone is 14. The van der Waals surface area contributed by atoms with Crippen LogP contribution in [0.15, 0.2) is 85.1 Å². The fourth-order valence-corrected chi connectivity index (χ4v) is 9.12. The van der Waals surface area contributed by atoms with Gasteiger partial charge >= 0.3 is 11.9 Å². The Morgan fingerprint density at radius 2 is 0.722 bits per heavy atom. The maximum atomic E-state index is 12.9. The number of nitrogens with zero attached hydrogens (tertiary/aromatic N) is 1. The van der Waals surface area contributed by atoms with Crippen LogP contribution in [0.25, 0.3) is 0 Å². The molecule has 79 heavy (non-hydrogen) atoms. The molecular weight excluding hydrogens is 983 g/mol. The fourth-order valence-electron chi connectivity index (χ4n) is 9.12. The van der Waals surface area contributed by atoms with Crippen molar-refractivity contribution in [2.45, 2.75) is 296 Å². The van der Waals surface area contributed by atoms with E-state index in [1.54, 1.807) is 0 Å². The normalized spacial score (nSPS) is 13.3. The standard InChI is InChI=1S/C70H123NO8/c1-6-8-10-12-14-16-18-20-22-24-26-28-29-30-31-32-33-34-35-36-37-38-39-41-42-44-46-48-50-52-54-56-58-60-67(72)77-64-66(65-78-70(69(74)75)76-63-62-71(3,4)5)79-68(73)61-59-57-55-53-51-49-47-45-43-40-27-25-23-21-19-17-15-13-11-9-7-2/h9,11,15,17-18,20-21,23-24,26-27,29-30,40,66,70H,6-8,10,12-14,16,19,22,25,28,31-39,41-65H2,1-5H3/b11-9-,17-15-,20-18-,23-21-,26-24-,30-29-,40-27-. The maximum Gasteiger partial charge on any atom is 0.306 e. The highest BCUT2D eigenvalue weighted by atomic mass is 16.7. The number of ether oxygens (including phenoxy) is 4. The number of hydrogen-bond donors (Lipinski definition) is 0. The Hall–Kier alpha value is -3.53. The second-order valence-electron chi connectivity index (χ2n) is 23.0. The molecule has 0 N–H and O–H groups in total. The zero-order valence-corrected chi connectivity index (χ0v) is 52.0. The third kappa shape index (κ3) is 61.9. The summed E-state index contributed by atoms with van der Waals surface area (Å²) in [5.74, 6) is -2.29. The Bertz CT molecular complexity index is 1570. The molecule has 0 aliphatic heterocycles. The van der Waals surface area contributed by atoms with Crippen molar-refractivity contribution in [1.29, 1.82) is 0 Å². The van der Waals surface area contributed by atoms with Crippen LogP contribution in [-0.4, -0.2) is 82.3 Å². The molecule has 0 rings (SSSR count). The molecule has 0 aliphatic rings. The van der Waals surface area contributed by atoms with Gasteiger partial charge in [0.25, 0.3) is 0 Å². The first-order chi connectivity index (χ1) is 38.6. The SMILES string of the molecule is CC/C=C\C/C=C\C/C=C\C/C=C\CCCCCCCCCCC(=O)OC(COC(=O)CCCCCCCCCCCCCCCCCCCC/C=C\C/C=C\C/C=C\CCCCCCC)COC(OCC[N+](C)(C)C)C(=O)[O-]. The van der Waals surface area contributed by atoms with Gasteiger partial charge in [-0.3, -0.25) is 9.59 Å². The molecule has 456 valence electrons. The van der Waals surface area contributed by atoms with Crippen molar-refractivity contribution in [1.82, 2.24) is 0 Å². The van der Waals surface area contributed by atoms with Crippen LogP contribution in [0.5, 0.6) is 0 Å². The van der Waals surface area contributed by atoms with Crippen LogP contribution in [0.1, 0.15) is 284 Å². The Balaban J connectivity index is 4.11. The van der Waals surface area contributed by atoms with E-state index in [0.717, 1.165) is 83.5 Å². The number of carbonyl (C=O) groups excluding carboxylic acids is 3. The van der Waals surface area contributed by atoms with Crippen LogP contribution < -0.4 is 5.11 Å². The molecule has 9 heteroatoms. The number of carboxylic acid groups (broad SMARTS) is 1. The van der Waals surface area contributed by atoms with E-state index in [2.05, 4.69) is 98.9 Å². The summed E-state index contributed by atoms with van der Waals surface area (Å²) < 4.78 is 22.8. The minimum absolute atomic E-state index is 0.143. The molecule has 0 aromatic carbocycles. The fraction of sp³-hybridized carbons (Fsp3) is 0.757. The van der Waals surface area contributed by atoms with Gasteiger partial charge in [0.05, 0.1) is 40.3 Å². The van der Waals surface area contributed by atoms with Crippen molar-refractivity contribution >= 4 is 17.9 Å². The average molecular weight is 1110 g/mol. The number of hydrogen-bond acceptors (Lipinski definition) is 8. The summed E-state index contributed by atoms with van der Waals surface area (Å²) in [6, 6.07) is 0. The van der Waals surface area contributed by atoms with Crippen molar-refractivity contribution < 1.29 is 42.9 Å². The van der Waals surface area contributed by atoms with Crippen molar-refractivity contribution in [2.24, 2.45) is 0 Å². The van der Waals surface area contributed by atoms with Gasteiger partial charge in [-0.25, -0.2) is 0 Å². The number of likely N-dealkylation sites (N-methyl/N-ethyl adjacent to an activating group) is 1. The first-order valence-corrected chi connectivity index (χ1v) is 32.7. The van der Waals surface area contributed by atoms with E-state index in [9.17, 15) is 19.5 Å². The van der Waals surface area contributed by atoms with Crippen LogP contribution >= 0.6 is 0 Å². The molecule has 2 atom stereocenters. The van der Waals surface area contributed by atoms with Crippen molar-refractivity contribution in [3.63, 3.8) is 0 Å². The van der Waals surface area contributed by atoms with Crippen LogP contribution in [0, 0.1) is 0 Å². The lowest BCUT2D eigenvalue weighted by Gasteiger charge is -2.26. The molecule has 0 aliphatic carbocycles. The number of aliphatic carboxylic acids is 1. The van der Waals surface area contributed by atoms with Gasteiger partial charge in [-0.05, 0) is 89.9 Å². The van der Waals surface area contributed by atoms with E-state index < -0.39 is 24.3 Å². The van der Waals surface area contributed by atoms with Crippen LogP contribution in [0.2, 0.25) is 0 Å². The Labute approximate surface area is 487 Å². The Morgan fingerprint density at radius 1 is 0.392 bits per heavy atom. The molecule has 0 aromatic heterocycles. The number of unbranched alkanes of at least 4 members (excludes halogenated alkanes) is 31. The predicted octanol–water partition coefficient (Wildman–Crippen LogP) is 18.6. The zero-order chi connectivity index (χ0) is 57.6. The van der Waals surface area contributed by atoms with Gasteiger partial charge in [0.1, 0.15) is 13.2 Å². The van der Waals surface area contributed by atoms with Gasteiger partial charge in [0.15, 0.2) is 12.4 Å². The number of rotatable bonds is 60. The lowest BCUT2D eigenvalue weighted by molar-refractivity contribution is -0.870. The van der Waals surface area contributed by atoms with Crippen LogP contribution in [0.4, 0.5) is 0 Å². The number of quaternary nitrogens is 1. The van der Waals surface area contributed by atoms with Gasteiger partial charge < -0.3 is 33.3 Å². The second-order valence-corrected chi connectivity index (χ2v) is 23.0. The molecule has 0 saturated carbocycles. The summed E-state index contributed by atoms with van der Waals surface area (Å²) in [6.45, 7) is 4.63. The van der Waals surface area contributed by atoms with Gasteiger partial charge in [-0.1, -0.05) is 266 Å². The highest BCUT2D eigenvalue weighted by Crippen LogP contribution is 2.17. The summed E-state index contributed by atoms with van der Waals surface area (Å²) in [7, 11) is 5.92. The van der Waals surface area contributed by atoms with E-state index in [0.29, 0.717) is 17.4 Å². The zero-order valence-electron chi connectivity index (χ0n) is 52.0. The molecular formula is C70H123NO8. The third-order valence-corrected chi connectivity index (χ3v) is 14.1. The van der Waals surface area contributed by atoms with E-state index >= 15 is 0 Å². The summed E-state index contributed by atoms with van der Waals surface area (Å²) in [4.78, 5) is 37.4. The molecule has 0 radical (unpaired) electrons. The predicted molar refractivity (Wildman–Crippen MR) is 334 cm³/mol.